The maximum atomic E-state index is 11.9. The molecule has 0 spiro atoms. The highest BCUT2D eigenvalue weighted by molar-refractivity contribution is 7.90. The van der Waals surface area contributed by atoms with Crippen LogP contribution < -0.4 is 11.5 Å². The van der Waals surface area contributed by atoms with Crippen molar-refractivity contribution in [3.05, 3.63) is 156 Å². The van der Waals surface area contributed by atoms with Crippen LogP contribution in [0.2, 0.25) is 0 Å². The van der Waals surface area contributed by atoms with Crippen molar-refractivity contribution >= 4 is 31.7 Å². The van der Waals surface area contributed by atoms with Gasteiger partial charge >= 0.3 is 0 Å². The van der Waals surface area contributed by atoms with Crippen LogP contribution in [0.1, 0.15) is 36.4 Å². The number of aromatic nitrogens is 2. The van der Waals surface area contributed by atoms with Gasteiger partial charge in [0.15, 0.2) is 0 Å². The van der Waals surface area contributed by atoms with E-state index in [0.717, 1.165) is 44.8 Å². The molecule has 0 atom stereocenters. The first-order valence-electron chi connectivity index (χ1n) is 17.2. The van der Waals surface area contributed by atoms with Crippen molar-refractivity contribution in [2.24, 2.45) is 20.3 Å². The SMILES string of the molecule is CCS(=O)(=O)/N=C(\N)c1c(-c2ccccc2)cc(-c2ccccc2)nc1C.CCS(=O)(=O)/N=C(\N)c1c(-c2ccccc2)cc(-c2ccccc2)nc1C. The summed E-state index contributed by atoms with van der Waals surface area (Å²) in [7, 11) is -7.22. The minimum Gasteiger partial charge on any atom is -0.382 e. The van der Waals surface area contributed by atoms with Crippen LogP contribution in [0.25, 0.3) is 44.8 Å². The predicted octanol–water partition coefficient (Wildman–Crippen LogP) is 7.56. The average Bonchev–Trinajstić information content (AvgIpc) is 3.18. The first-order valence-corrected chi connectivity index (χ1v) is 20.5. The summed E-state index contributed by atoms with van der Waals surface area (Å²) < 4.78 is 55.3. The van der Waals surface area contributed by atoms with Crippen molar-refractivity contribution in [3.63, 3.8) is 0 Å². The van der Waals surface area contributed by atoms with Crippen LogP contribution in [-0.2, 0) is 20.0 Å². The molecule has 0 aliphatic heterocycles. The van der Waals surface area contributed by atoms with Gasteiger partial charge in [0, 0.05) is 33.6 Å². The second-order valence-electron chi connectivity index (χ2n) is 12.2. The zero-order chi connectivity index (χ0) is 38.9. The Morgan fingerprint density at radius 1 is 0.500 bits per heavy atom. The number of sulfonamides is 2. The molecule has 6 rings (SSSR count). The third kappa shape index (κ3) is 9.71. The number of benzene rings is 4. The fourth-order valence-corrected chi connectivity index (χ4v) is 6.76. The lowest BCUT2D eigenvalue weighted by Crippen LogP contribution is -2.20. The highest BCUT2D eigenvalue weighted by atomic mass is 32.2. The van der Waals surface area contributed by atoms with Crippen LogP contribution in [-0.4, -0.2) is 50.0 Å². The third-order valence-corrected chi connectivity index (χ3v) is 10.8. The molecular weight excluding hydrogens is 717 g/mol. The molecule has 10 nitrogen and oxygen atoms in total. The molecule has 0 amide bonds. The van der Waals surface area contributed by atoms with Crippen LogP contribution >= 0.6 is 0 Å². The Kier molecular flexibility index (Phi) is 12.5. The molecule has 4 aromatic carbocycles. The van der Waals surface area contributed by atoms with E-state index in [1.54, 1.807) is 0 Å². The molecule has 4 N–H and O–H groups in total. The second-order valence-corrected chi connectivity index (χ2v) is 16.0. The Labute approximate surface area is 317 Å². The van der Waals surface area contributed by atoms with Gasteiger partial charge in [-0.05, 0) is 62.1 Å². The highest BCUT2D eigenvalue weighted by Crippen LogP contribution is 2.32. The van der Waals surface area contributed by atoms with E-state index in [9.17, 15) is 16.8 Å². The third-order valence-electron chi connectivity index (χ3n) is 8.43. The van der Waals surface area contributed by atoms with Gasteiger partial charge in [0.05, 0.1) is 22.9 Å². The van der Waals surface area contributed by atoms with Crippen molar-refractivity contribution in [1.82, 2.24) is 9.97 Å². The van der Waals surface area contributed by atoms with Crippen molar-refractivity contribution in [2.45, 2.75) is 27.7 Å². The Morgan fingerprint density at radius 2 is 0.778 bits per heavy atom. The zero-order valence-electron chi connectivity index (χ0n) is 30.5. The summed E-state index contributed by atoms with van der Waals surface area (Å²) in [6.45, 7) is 6.70. The number of rotatable bonds is 10. The second kappa shape index (κ2) is 17.2. The fourth-order valence-electron chi connectivity index (χ4n) is 5.72. The number of amidine groups is 2. The van der Waals surface area contributed by atoms with E-state index in [-0.39, 0.29) is 23.2 Å². The Hall–Kier alpha value is -5.98. The molecule has 276 valence electrons. The minimum atomic E-state index is -3.61. The molecule has 0 bridgehead atoms. The smallest absolute Gasteiger partial charge is 0.254 e. The van der Waals surface area contributed by atoms with Crippen LogP contribution in [0.3, 0.4) is 0 Å². The summed E-state index contributed by atoms with van der Waals surface area (Å²) in [6, 6.07) is 42.8. The number of aryl methyl sites for hydroxylation is 2. The van der Waals surface area contributed by atoms with Crippen LogP contribution in [0.4, 0.5) is 0 Å². The number of nitrogens with zero attached hydrogens (tertiary/aromatic N) is 4. The fraction of sp³-hybridized carbons (Fsp3) is 0.143. The van der Waals surface area contributed by atoms with Gasteiger partial charge in [0.25, 0.3) is 20.0 Å². The maximum Gasteiger partial charge on any atom is 0.254 e. The van der Waals surface area contributed by atoms with Gasteiger partial charge in [0.1, 0.15) is 11.7 Å². The van der Waals surface area contributed by atoms with Crippen molar-refractivity contribution < 1.29 is 16.8 Å². The number of nitrogens with two attached hydrogens (primary N) is 2. The molecule has 0 unspecified atom stereocenters. The number of hydrogen-bond acceptors (Lipinski definition) is 6. The first kappa shape index (κ1) is 39.2. The standard InChI is InChI=1S/2C21H21N3O2S/c2*1-3-27(25,26)24-21(22)20-15(2)23-19(17-12-8-5-9-13-17)14-18(20)16-10-6-4-7-11-16/h2*4-14H,3H2,1-2H3,(H2,22,24). The summed E-state index contributed by atoms with van der Waals surface area (Å²) in [5.74, 6) is -0.299. The van der Waals surface area contributed by atoms with Gasteiger partial charge in [-0.1, -0.05) is 121 Å². The normalized spacial score (nSPS) is 12.1. The molecule has 54 heavy (non-hydrogen) atoms. The van der Waals surface area contributed by atoms with Crippen molar-refractivity contribution in [1.29, 1.82) is 0 Å². The molecule has 2 aromatic heterocycles. The van der Waals surface area contributed by atoms with E-state index >= 15 is 0 Å². The van der Waals surface area contributed by atoms with Gasteiger partial charge in [-0.25, -0.2) is 16.8 Å². The average molecular weight is 759 g/mol. The van der Waals surface area contributed by atoms with E-state index in [2.05, 4.69) is 18.8 Å². The highest BCUT2D eigenvalue weighted by Gasteiger charge is 2.19. The number of hydrogen-bond donors (Lipinski definition) is 2. The summed E-state index contributed by atoms with van der Waals surface area (Å²) in [5.41, 5.74) is 21.5. The van der Waals surface area contributed by atoms with Crippen LogP contribution in [0.15, 0.2) is 142 Å². The van der Waals surface area contributed by atoms with Crippen LogP contribution in [0, 0.1) is 13.8 Å². The molecule has 2 heterocycles. The largest absolute Gasteiger partial charge is 0.382 e. The maximum absolute atomic E-state index is 11.9. The molecule has 0 aliphatic rings. The Bertz CT molecular complexity index is 2330. The zero-order valence-corrected chi connectivity index (χ0v) is 32.1. The molecule has 0 aliphatic carbocycles. The van der Waals surface area contributed by atoms with Gasteiger partial charge < -0.3 is 11.5 Å². The van der Waals surface area contributed by atoms with Gasteiger partial charge in [-0.2, -0.15) is 0 Å². The van der Waals surface area contributed by atoms with Gasteiger partial charge in [0.2, 0.25) is 0 Å². The van der Waals surface area contributed by atoms with Crippen molar-refractivity contribution in [2.75, 3.05) is 11.5 Å². The molecule has 0 saturated carbocycles. The molecular formula is C42H42N6O4S2. The topological polar surface area (TPSA) is 171 Å². The molecule has 0 saturated heterocycles. The minimum absolute atomic E-state index is 0.0414. The lowest BCUT2D eigenvalue weighted by molar-refractivity contribution is 0.597. The van der Waals surface area contributed by atoms with Gasteiger partial charge in [-0.3, -0.25) is 9.97 Å². The predicted molar refractivity (Wildman–Crippen MR) is 220 cm³/mol. The van der Waals surface area contributed by atoms with E-state index in [4.69, 9.17) is 11.5 Å². The Morgan fingerprint density at radius 3 is 1.06 bits per heavy atom. The van der Waals surface area contributed by atoms with E-state index in [1.165, 1.54) is 13.8 Å². The van der Waals surface area contributed by atoms with Gasteiger partial charge in [-0.15, -0.1) is 8.80 Å². The summed E-state index contributed by atoms with van der Waals surface area (Å²) >= 11 is 0. The van der Waals surface area contributed by atoms with E-state index in [1.807, 2.05) is 147 Å². The first-order chi connectivity index (χ1) is 25.8. The molecule has 12 heteroatoms. The summed E-state index contributed by atoms with van der Waals surface area (Å²) in [5, 5.41) is 0. The van der Waals surface area contributed by atoms with E-state index in [0.29, 0.717) is 22.5 Å². The summed E-state index contributed by atoms with van der Waals surface area (Å²) in [6.07, 6.45) is 0. The summed E-state index contributed by atoms with van der Waals surface area (Å²) in [4.78, 5) is 9.30. The van der Waals surface area contributed by atoms with E-state index < -0.39 is 20.0 Å². The molecule has 0 radical (unpaired) electrons. The lowest BCUT2D eigenvalue weighted by atomic mass is 9.96. The van der Waals surface area contributed by atoms with Crippen LogP contribution in [0.5, 0.6) is 0 Å². The monoisotopic (exact) mass is 758 g/mol. The quantitative estimate of drug-likeness (QED) is 0.106. The lowest BCUT2D eigenvalue weighted by Gasteiger charge is -2.15. The Balaban J connectivity index is 0.000000208. The molecule has 0 fully saturated rings. The molecule has 6 aromatic rings. The number of pyridine rings is 2. The van der Waals surface area contributed by atoms with Crippen molar-refractivity contribution in [3.8, 4) is 44.8 Å².